The van der Waals surface area contributed by atoms with Gasteiger partial charge in [-0.2, -0.15) is 0 Å². The van der Waals surface area contributed by atoms with Crippen LogP contribution in [0.15, 0.2) is 18.3 Å². The molecule has 0 aliphatic rings. The van der Waals surface area contributed by atoms with Gasteiger partial charge in [-0.15, -0.1) is 11.8 Å². The molecule has 1 rings (SSSR count). The summed E-state index contributed by atoms with van der Waals surface area (Å²) in [5.74, 6) is 11.3. The number of nitrogens with one attached hydrogen (secondary N) is 1. The lowest BCUT2D eigenvalue weighted by Gasteiger charge is -2.12. The molecule has 0 spiro atoms. The van der Waals surface area contributed by atoms with Gasteiger partial charge in [-0.25, -0.2) is 0 Å². The molecular weight excluding hydrogens is 174 g/mol. The van der Waals surface area contributed by atoms with E-state index in [1.54, 1.807) is 6.20 Å². The van der Waals surface area contributed by atoms with E-state index in [4.69, 9.17) is 5.84 Å². The third-order valence-corrected chi connectivity index (χ3v) is 1.98. The van der Waals surface area contributed by atoms with Gasteiger partial charge in [-0.3, -0.25) is 16.3 Å². The molecule has 0 aliphatic heterocycles. The zero-order valence-corrected chi connectivity index (χ0v) is 8.54. The molecule has 0 aliphatic carbocycles. The maximum Gasteiger partial charge on any atom is 0.0741 e. The zero-order chi connectivity index (χ0) is 10.4. The van der Waals surface area contributed by atoms with Gasteiger partial charge in [-0.05, 0) is 31.5 Å². The molecule has 0 saturated heterocycles. The van der Waals surface area contributed by atoms with Crippen molar-refractivity contribution in [2.24, 2.45) is 5.84 Å². The van der Waals surface area contributed by atoms with Crippen molar-refractivity contribution in [2.75, 3.05) is 0 Å². The van der Waals surface area contributed by atoms with Crippen LogP contribution >= 0.6 is 0 Å². The van der Waals surface area contributed by atoms with Gasteiger partial charge >= 0.3 is 0 Å². The number of aryl methyl sites for hydroxylation is 1. The third-order valence-electron chi connectivity index (χ3n) is 1.98. The molecule has 1 heterocycles. The molecule has 1 atom stereocenters. The Morgan fingerprint density at radius 3 is 3.00 bits per heavy atom. The first-order valence-electron chi connectivity index (χ1n) is 4.56. The molecule has 1 aromatic rings. The summed E-state index contributed by atoms with van der Waals surface area (Å²) < 4.78 is 0. The Kier molecular flexibility index (Phi) is 4.11. The predicted octanol–water partition coefficient (Wildman–Crippen LogP) is 1.31. The van der Waals surface area contributed by atoms with Crippen LogP contribution in [0.5, 0.6) is 0 Å². The summed E-state index contributed by atoms with van der Waals surface area (Å²) in [5.41, 5.74) is 4.84. The van der Waals surface area contributed by atoms with Crippen LogP contribution in [0.4, 0.5) is 0 Å². The Hall–Kier alpha value is -1.37. The molecule has 0 saturated carbocycles. The van der Waals surface area contributed by atoms with Crippen LogP contribution in [-0.2, 0) is 0 Å². The number of rotatable bonds is 3. The Morgan fingerprint density at radius 2 is 2.43 bits per heavy atom. The monoisotopic (exact) mass is 189 g/mol. The lowest BCUT2D eigenvalue weighted by atomic mass is 10.1. The zero-order valence-electron chi connectivity index (χ0n) is 8.54. The Morgan fingerprint density at radius 1 is 1.64 bits per heavy atom. The minimum atomic E-state index is 0.0161. The number of hydrogen-bond acceptors (Lipinski definition) is 3. The van der Waals surface area contributed by atoms with Gasteiger partial charge in [0.1, 0.15) is 0 Å². The highest BCUT2D eigenvalue weighted by molar-refractivity contribution is 5.18. The van der Waals surface area contributed by atoms with E-state index in [0.717, 1.165) is 5.69 Å². The van der Waals surface area contributed by atoms with Gasteiger partial charge < -0.3 is 0 Å². The highest BCUT2D eigenvalue weighted by atomic mass is 15.2. The molecular formula is C11H15N3. The SMILES string of the molecule is CC#CCC(NN)c1cc(C)ccn1. The van der Waals surface area contributed by atoms with Crippen LogP contribution in [0, 0.1) is 18.8 Å². The average Bonchev–Trinajstić information content (AvgIpc) is 2.19. The fourth-order valence-corrected chi connectivity index (χ4v) is 1.20. The van der Waals surface area contributed by atoms with Crippen molar-refractivity contribution < 1.29 is 0 Å². The third kappa shape index (κ3) is 2.84. The minimum Gasteiger partial charge on any atom is -0.271 e. The van der Waals surface area contributed by atoms with Crippen LogP contribution in [0.3, 0.4) is 0 Å². The quantitative estimate of drug-likeness (QED) is 0.428. The van der Waals surface area contributed by atoms with Crippen molar-refractivity contribution in [3.8, 4) is 11.8 Å². The lowest BCUT2D eigenvalue weighted by molar-refractivity contribution is 0.553. The van der Waals surface area contributed by atoms with Gasteiger partial charge in [0, 0.05) is 12.6 Å². The highest BCUT2D eigenvalue weighted by Gasteiger charge is 2.08. The van der Waals surface area contributed by atoms with E-state index in [2.05, 4.69) is 22.3 Å². The van der Waals surface area contributed by atoms with Gasteiger partial charge in [0.15, 0.2) is 0 Å². The van der Waals surface area contributed by atoms with E-state index in [1.807, 2.05) is 26.0 Å². The number of nitrogens with zero attached hydrogens (tertiary/aromatic N) is 1. The van der Waals surface area contributed by atoms with E-state index in [-0.39, 0.29) is 6.04 Å². The lowest BCUT2D eigenvalue weighted by Crippen LogP contribution is -2.28. The molecule has 0 bridgehead atoms. The molecule has 0 amide bonds. The molecule has 1 unspecified atom stereocenters. The highest BCUT2D eigenvalue weighted by Crippen LogP contribution is 2.13. The predicted molar refractivity (Wildman–Crippen MR) is 57.1 cm³/mol. The van der Waals surface area contributed by atoms with Crippen molar-refractivity contribution in [1.82, 2.24) is 10.4 Å². The first-order valence-corrected chi connectivity index (χ1v) is 4.56. The number of pyridine rings is 1. The first-order chi connectivity index (χ1) is 6.77. The number of hydrogen-bond donors (Lipinski definition) is 2. The summed E-state index contributed by atoms with van der Waals surface area (Å²) in [6, 6.07) is 3.99. The molecule has 3 N–H and O–H groups in total. The molecule has 74 valence electrons. The van der Waals surface area contributed by atoms with Crippen LogP contribution < -0.4 is 11.3 Å². The van der Waals surface area contributed by atoms with Crippen LogP contribution in [-0.4, -0.2) is 4.98 Å². The van der Waals surface area contributed by atoms with E-state index >= 15 is 0 Å². The van der Waals surface area contributed by atoms with Crippen molar-refractivity contribution in [3.05, 3.63) is 29.6 Å². The summed E-state index contributed by atoms with van der Waals surface area (Å²) in [5, 5.41) is 0. The van der Waals surface area contributed by atoms with E-state index < -0.39 is 0 Å². The van der Waals surface area contributed by atoms with E-state index in [1.165, 1.54) is 5.56 Å². The maximum atomic E-state index is 5.44. The largest absolute Gasteiger partial charge is 0.271 e. The topological polar surface area (TPSA) is 50.9 Å². The van der Waals surface area contributed by atoms with Crippen molar-refractivity contribution >= 4 is 0 Å². The second kappa shape index (κ2) is 5.38. The molecule has 0 fully saturated rings. The average molecular weight is 189 g/mol. The van der Waals surface area contributed by atoms with Crippen LogP contribution in [0.25, 0.3) is 0 Å². The number of aromatic nitrogens is 1. The Bertz CT molecular complexity index is 349. The van der Waals surface area contributed by atoms with Crippen LogP contribution in [0.1, 0.15) is 30.6 Å². The standard InChI is InChI=1S/C11H15N3/c1-3-4-5-10(14-12)11-8-9(2)6-7-13-11/h6-8,10,14H,5,12H2,1-2H3. The summed E-state index contributed by atoms with van der Waals surface area (Å²) in [7, 11) is 0. The van der Waals surface area contributed by atoms with Crippen molar-refractivity contribution in [3.63, 3.8) is 0 Å². The normalized spacial score (nSPS) is 11.6. The van der Waals surface area contributed by atoms with Crippen molar-refractivity contribution in [1.29, 1.82) is 0 Å². The smallest absolute Gasteiger partial charge is 0.0741 e. The summed E-state index contributed by atoms with van der Waals surface area (Å²) in [4.78, 5) is 4.25. The van der Waals surface area contributed by atoms with Gasteiger partial charge in [0.2, 0.25) is 0 Å². The van der Waals surface area contributed by atoms with Gasteiger partial charge in [0.05, 0.1) is 11.7 Å². The molecule has 0 aromatic carbocycles. The molecule has 3 nitrogen and oxygen atoms in total. The van der Waals surface area contributed by atoms with E-state index in [0.29, 0.717) is 6.42 Å². The van der Waals surface area contributed by atoms with Gasteiger partial charge in [-0.1, -0.05) is 0 Å². The van der Waals surface area contributed by atoms with Crippen molar-refractivity contribution in [2.45, 2.75) is 26.3 Å². The number of nitrogens with two attached hydrogens (primary N) is 1. The second-order valence-corrected chi connectivity index (χ2v) is 3.11. The Balaban J connectivity index is 2.81. The molecule has 3 heteroatoms. The minimum absolute atomic E-state index is 0.0161. The van der Waals surface area contributed by atoms with Gasteiger partial charge in [0.25, 0.3) is 0 Å². The summed E-state index contributed by atoms with van der Waals surface area (Å²) in [6.07, 6.45) is 2.47. The van der Waals surface area contributed by atoms with Crippen LogP contribution in [0.2, 0.25) is 0 Å². The Labute approximate surface area is 84.7 Å². The maximum absolute atomic E-state index is 5.44. The molecule has 14 heavy (non-hydrogen) atoms. The van der Waals surface area contributed by atoms with E-state index in [9.17, 15) is 0 Å². The fourth-order valence-electron chi connectivity index (χ4n) is 1.20. The summed E-state index contributed by atoms with van der Waals surface area (Å²) >= 11 is 0. The molecule has 1 aromatic heterocycles. The molecule has 0 radical (unpaired) electrons. The summed E-state index contributed by atoms with van der Waals surface area (Å²) in [6.45, 7) is 3.85. The number of hydrazine groups is 1. The first kappa shape index (κ1) is 10.7. The fraction of sp³-hybridized carbons (Fsp3) is 0.364. The second-order valence-electron chi connectivity index (χ2n) is 3.11.